The second kappa shape index (κ2) is 12.6. The van der Waals surface area contributed by atoms with Crippen LogP contribution in [-0.4, -0.2) is 44.5 Å². The number of rotatable bonds is 11. The van der Waals surface area contributed by atoms with Gasteiger partial charge in [-0.2, -0.15) is 8.42 Å². The van der Waals surface area contributed by atoms with Gasteiger partial charge >= 0.3 is 6.03 Å². The van der Waals surface area contributed by atoms with E-state index in [0.29, 0.717) is 42.9 Å². The summed E-state index contributed by atoms with van der Waals surface area (Å²) in [6.45, 7) is 0.750. The van der Waals surface area contributed by atoms with E-state index in [1.165, 1.54) is 19.3 Å². The number of hydrogen-bond acceptors (Lipinski definition) is 5. The van der Waals surface area contributed by atoms with E-state index >= 15 is 0 Å². The molecule has 1 saturated carbocycles. The lowest BCUT2D eigenvalue weighted by Crippen LogP contribution is -2.49. The van der Waals surface area contributed by atoms with E-state index < -0.39 is 16.3 Å². The van der Waals surface area contributed by atoms with E-state index in [1.807, 2.05) is 24.3 Å². The SMILES string of the molecule is NS(=O)(=O)NCCCC[C@H](NC(=O)NCC1CCCCC1)C(=O)Nc1cccc2cccnc12. The van der Waals surface area contributed by atoms with Gasteiger partial charge in [0.15, 0.2) is 0 Å². The molecule has 1 fully saturated rings. The molecule has 1 aliphatic carbocycles. The molecule has 1 aromatic carbocycles. The standard InChI is InChI=1S/C23H34N6O4S/c24-34(32,33)27-15-5-4-12-20(29-23(31)26-16-17-8-2-1-3-9-17)22(30)28-19-13-6-10-18-11-7-14-25-21(18)19/h6-7,10-11,13-14,17,20,27H,1-5,8-9,12,15-16H2,(H,28,30)(H2,24,32,33)(H2,26,29,31)/t20-/m0/s1. The first-order valence-corrected chi connectivity index (χ1v) is 13.3. The number of unbranched alkanes of at least 4 members (excludes halogenated alkanes) is 1. The molecule has 10 nitrogen and oxygen atoms in total. The smallest absolute Gasteiger partial charge is 0.315 e. The van der Waals surface area contributed by atoms with Gasteiger partial charge in [-0.25, -0.2) is 14.7 Å². The van der Waals surface area contributed by atoms with Crippen LogP contribution < -0.4 is 25.8 Å². The summed E-state index contributed by atoms with van der Waals surface area (Å²) < 4.78 is 24.3. The first-order valence-electron chi connectivity index (χ1n) is 11.8. The van der Waals surface area contributed by atoms with E-state index in [-0.39, 0.29) is 18.5 Å². The molecule has 3 rings (SSSR count). The van der Waals surface area contributed by atoms with Crippen molar-refractivity contribution in [3.63, 3.8) is 0 Å². The number of amides is 3. The van der Waals surface area contributed by atoms with E-state index in [4.69, 9.17) is 5.14 Å². The number of nitrogens with zero attached hydrogens (tertiary/aromatic N) is 1. The van der Waals surface area contributed by atoms with Crippen LogP contribution in [0.5, 0.6) is 0 Å². The van der Waals surface area contributed by atoms with Crippen LogP contribution in [0.3, 0.4) is 0 Å². The van der Waals surface area contributed by atoms with Gasteiger partial charge in [-0.1, -0.05) is 37.5 Å². The van der Waals surface area contributed by atoms with E-state index in [1.54, 1.807) is 12.3 Å². The number of anilines is 1. The Bertz CT molecular complexity index is 1070. The van der Waals surface area contributed by atoms with Crippen LogP contribution in [0.1, 0.15) is 51.4 Å². The molecule has 2 aromatic rings. The van der Waals surface area contributed by atoms with Crippen LogP contribution in [0.15, 0.2) is 36.5 Å². The third-order valence-corrected chi connectivity index (χ3v) is 6.62. The number of nitrogens with two attached hydrogens (primary N) is 1. The molecule has 1 heterocycles. The van der Waals surface area contributed by atoms with Crippen molar-refractivity contribution in [3.8, 4) is 0 Å². The van der Waals surface area contributed by atoms with Crippen molar-refractivity contribution in [2.75, 3.05) is 18.4 Å². The summed E-state index contributed by atoms with van der Waals surface area (Å²) >= 11 is 0. The van der Waals surface area contributed by atoms with Gasteiger partial charge in [0.1, 0.15) is 6.04 Å². The van der Waals surface area contributed by atoms with Crippen molar-refractivity contribution in [2.45, 2.75) is 57.4 Å². The molecule has 1 aliphatic rings. The van der Waals surface area contributed by atoms with E-state index in [2.05, 4.69) is 25.7 Å². The number of carbonyl (C=O) groups is 2. The Balaban J connectivity index is 1.60. The molecule has 0 saturated heterocycles. The van der Waals surface area contributed by atoms with Gasteiger partial charge in [0.2, 0.25) is 5.91 Å². The molecule has 11 heteroatoms. The van der Waals surface area contributed by atoms with Crippen LogP contribution >= 0.6 is 0 Å². The monoisotopic (exact) mass is 490 g/mol. The maximum Gasteiger partial charge on any atom is 0.315 e. The summed E-state index contributed by atoms with van der Waals surface area (Å²) in [4.78, 5) is 30.0. The summed E-state index contributed by atoms with van der Waals surface area (Å²) in [6.07, 6.45) is 8.81. The zero-order chi connectivity index (χ0) is 24.4. The third-order valence-electron chi connectivity index (χ3n) is 6.01. The summed E-state index contributed by atoms with van der Waals surface area (Å²) in [7, 11) is -3.76. The molecule has 0 bridgehead atoms. The summed E-state index contributed by atoms with van der Waals surface area (Å²) in [6, 6.07) is 8.06. The third kappa shape index (κ3) is 8.54. The summed E-state index contributed by atoms with van der Waals surface area (Å²) in [5.41, 5.74) is 1.23. The zero-order valence-corrected chi connectivity index (χ0v) is 20.1. The van der Waals surface area contributed by atoms with Crippen molar-refractivity contribution < 1.29 is 18.0 Å². The molecule has 1 aromatic heterocycles. The average molecular weight is 491 g/mol. The topological polar surface area (TPSA) is 155 Å². The maximum absolute atomic E-state index is 13.1. The fraction of sp³-hybridized carbons (Fsp3) is 0.522. The van der Waals surface area contributed by atoms with Gasteiger partial charge in [0.25, 0.3) is 10.2 Å². The Morgan fingerprint density at radius 3 is 2.62 bits per heavy atom. The first-order chi connectivity index (χ1) is 16.3. The number of para-hydroxylation sites is 1. The molecule has 1 atom stereocenters. The number of nitrogens with one attached hydrogen (secondary N) is 4. The number of carbonyl (C=O) groups excluding carboxylic acids is 2. The van der Waals surface area contributed by atoms with Crippen LogP contribution in [0, 0.1) is 5.92 Å². The number of aromatic nitrogens is 1. The molecule has 0 aliphatic heterocycles. The maximum atomic E-state index is 13.1. The number of benzene rings is 1. The minimum absolute atomic E-state index is 0.161. The highest BCUT2D eigenvalue weighted by atomic mass is 32.2. The molecule has 3 amide bonds. The van der Waals surface area contributed by atoms with Crippen molar-refractivity contribution in [1.82, 2.24) is 20.3 Å². The molecule has 0 radical (unpaired) electrons. The van der Waals surface area contributed by atoms with Crippen molar-refractivity contribution in [3.05, 3.63) is 36.5 Å². The Labute approximate surface area is 200 Å². The van der Waals surface area contributed by atoms with Crippen molar-refractivity contribution >= 4 is 38.7 Å². The molecular formula is C23H34N6O4S. The number of hydrogen-bond donors (Lipinski definition) is 5. The molecule has 6 N–H and O–H groups in total. The van der Waals surface area contributed by atoms with Gasteiger partial charge < -0.3 is 16.0 Å². The fourth-order valence-electron chi connectivity index (χ4n) is 4.22. The van der Waals surface area contributed by atoms with Gasteiger partial charge in [-0.15, -0.1) is 0 Å². The first kappa shape index (κ1) is 25.9. The molecule has 34 heavy (non-hydrogen) atoms. The predicted octanol–water partition coefficient (Wildman–Crippen LogP) is 2.38. The number of fused-ring (bicyclic) bond motifs is 1. The van der Waals surface area contributed by atoms with Crippen molar-refractivity contribution in [2.24, 2.45) is 11.1 Å². The van der Waals surface area contributed by atoms with Crippen LogP contribution in [0.25, 0.3) is 10.9 Å². The Morgan fingerprint density at radius 1 is 1.09 bits per heavy atom. The highest BCUT2D eigenvalue weighted by Crippen LogP contribution is 2.23. The quantitative estimate of drug-likeness (QED) is 0.306. The zero-order valence-electron chi connectivity index (χ0n) is 19.3. The van der Waals surface area contributed by atoms with Gasteiger partial charge in [-0.05, 0) is 50.2 Å². The second-order valence-electron chi connectivity index (χ2n) is 8.72. The highest BCUT2D eigenvalue weighted by molar-refractivity contribution is 7.87. The number of pyridine rings is 1. The Kier molecular flexibility index (Phi) is 9.61. The largest absolute Gasteiger partial charge is 0.338 e. The summed E-state index contributed by atoms with van der Waals surface area (Å²) in [5.74, 6) is 0.114. The van der Waals surface area contributed by atoms with Crippen LogP contribution in [0.4, 0.5) is 10.5 Å². The Morgan fingerprint density at radius 2 is 1.85 bits per heavy atom. The minimum atomic E-state index is -3.76. The fourth-order valence-corrected chi connectivity index (χ4v) is 4.65. The highest BCUT2D eigenvalue weighted by Gasteiger charge is 2.22. The predicted molar refractivity (Wildman–Crippen MR) is 132 cm³/mol. The van der Waals surface area contributed by atoms with Crippen LogP contribution in [-0.2, 0) is 15.0 Å². The van der Waals surface area contributed by atoms with E-state index in [0.717, 1.165) is 18.2 Å². The lowest BCUT2D eigenvalue weighted by Gasteiger charge is -2.23. The number of urea groups is 1. The molecule has 0 unspecified atom stereocenters. The molecule has 186 valence electrons. The lowest BCUT2D eigenvalue weighted by molar-refractivity contribution is -0.118. The normalized spacial score (nSPS) is 15.6. The molecular weight excluding hydrogens is 456 g/mol. The second-order valence-corrected chi connectivity index (χ2v) is 10.1. The minimum Gasteiger partial charge on any atom is -0.338 e. The van der Waals surface area contributed by atoms with Crippen LogP contribution in [0.2, 0.25) is 0 Å². The summed E-state index contributed by atoms with van der Waals surface area (Å²) in [5, 5.41) is 14.4. The van der Waals surface area contributed by atoms with E-state index in [9.17, 15) is 18.0 Å². The lowest BCUT2D eigenvalue weighted by atomic mass is 9.89. The molecule has 0 spiro atoms. The van der Waals surface area contributed by atoms with Gasteiger partial charge in [0.05, 0.1) is 11.2 Å². The van der Waals surface area contributed by atoms with Crippen molar-refractivity contribution in [1.29, 1.82) is 0 Å². The Hall–Kier alpha value is -2.76. The van der Waals surface area contributed by atoms with Gasteiger partial charge in [0, 0.05) is 24.7 Å². The van der Waals surface area contributed by atoms with Gasteiger partial charge in [-0.3, -0.25) is 9.78 Å². The average Bonchev–Trinajstić information content (AvgIpc) is 2.82.